The minimum atomic E-state index is -1.29. The number of likely N-dealkylation sites (N-methyl/N-ethyl adjacent to an activating group) is 2. The molecule has 0 aromatic heterocycles. The summed E-state index contributed by atoms with van der Waals surface area (Å²) in [7, 11) is 2.60. The van der Waals surface area contributed by atoms with Crippen LogP contribution in [-0.2, 0) is 30.5 Å². The number of alkyl carbamates (subject to hydrolysis) is 1. The summed E-state index contributed by atoms with van der Waals surface area (Å²) in [5.74, 6) is -3.23. The molecule has 4 N–H and O–H groups in total. The number of urea groups is 1. The number of para-hydroxylation sites is 1. The summed E-state index contributed by atoms with van der Waals surface area (Å²) in [5.41, 5.74) is 6.63. The molecule has 212 valence electrons. The van der Waals surface area contributed by atoms with E-state index < -0.39 is 47.8 Å². The fourth-order valence-corrected chi connectivity index (χ4v) is 3.29. The second-order valence-electron chi connectivity index (χ2n) is 8.57. The van der Waals surface area contributed by atoms with Gasteiger partial charge in [-0.05, 0) is 31.5 Å². The molecule has 0 fully saturated rings. The van der Waals surface area contributed by atoms with Gasteiger partial charge in [0, 0.05) is 31.9 Å². The first kappa shape index (κ1) is 31.0. The fourth-order valence-electron chi connectivity index (χ4n) is 3.29. The van der Waals surface area contributed by atoms with Gasteiger partial charge in [-0.1, -0.05) is 48.5 Å². The van der Waals surface area contributed by atoms with E-state index in [1.54, 1.807) is 54.6 Å². The zero-order chi connectivity index (χ0) is 29.8. The molecule has 0 aliphatic heterocycles. The second kappa shape index (κ2) is 14.7. The van der Waals surface area contributed by atoms with Gasteiger partial charge in [0.05, 0.1) is 0 Å². The number of nitrogens with two attached hydrogens (primary N) is 1. The van der Waals surface area contributed by atoms with E-state index in [1.165, 1.54) is 25.8 Å². The molecule has 2 aromatic rings. The maximum atomic E-state index is 12.9. The van der Waals surface area contributed by atoms with Crippen LogP contribution in [0.3, 0.4) is 0 Å². The van der Waals surface area contributed by atoms with Gasteiger partial charge in [0.25, 0.3) is 17.7 Å². The van der Waals surface area contributed by atoms with E-state index in [1.807, 2.05) is 6.07 Å². The number of imide groups is 1. The van der Waals surface area contributed by atoms with Crippen LogP contribution in [0.4, 0.5) is 15.3 Å². The number of nitrogens with zero attached hydrogens (tertiary/aromatic N) is 3. The fraction of sp³-hybridized carbons (Fsp3) is 0.259. The van der Waals surface area contributed by atoms with E-state index in [0.717, 1.165) is 24.8 Å². The maximum absolute atomic E-state index is 12.9. The zero-order valence-electron chi connectivity index (χ0n) is 22.6. The molecule has 0 saturated heterocycles. The molecule has 13 heteroatoms. The van der Waals surface area contributed by atoms with Crippen molar-refractivity contribution in [2.75, 3.05) is 19.0 Å². The molecule has 13 nitrogen and oxygen atoms in total. The molecular formula is C27H32N6O7. The first-order valence-electron chi connectivity index (χ1n) is 12.1. The number of hydrazine groups is 1. The van der Waals surface area contributed by atoms with Gasteiger partial charge in [-0.15, -0.1) is 0 Å². The number of carbonyl (C=O) groups excluding carboxylic acids is 6. The average molecular weight is 553 g/mol. The number of carbonyl (C=O) groups is 6. The zero-order valence-corrected chi connectivity index (χ0v) is 22.6. The van der Waals surface area contributed by atoms with E-state index in [2.05, 4.69) is 10.6 Å². The Bertz CT molecular complexity index is 1250. The lowest BCUT2D eigenvalue weighted by Crippen LogP contribution is -2.58. The van der Waals surface area contributed by atoms with Crippen molar-refractivity contribution >= 4 is 41.4 Å². The molecule has 2 rings (SSSR count). The van der Waals surface area contributed by atoms with Gasteiger partial charge in [-0.2, -0.15) is 5.01 Å². The van der Waals surface area contributed by atoms with E-state index in [9.17, 15) is 28.8 Å². The summed E-state index contributed by atoms with van der Waals surface area (Å²) < 4.78 is 5.07. The van der Waals surface area contributed by atoms with E-state index >= 15 is 0 Å². The Balaban J connectivity index is 1.94. The lowest BCUT2D eigenvalue weighted by molar-refractivity contribution is -0.153. The molecule has 7 amide bonds. The third-order valence-corrected chi connectivity index (χ3v) is 5.55. The Morgan fingerprint density at radius 1 is 0.825 bits per heavy atom. The molecule has 0 radical (unpaired) electrons. The molecule has 0 unspecified atom stereocenters. The normalized spacial score (nSPS) is 12.0. The van der Waals surface area contributed by atoms with Crippen LogP contribution >= 0.6 is 0 Å². The minimum Gasteiger partial charge on any atom is -0.445 e. The maximum Gasteiger partial charge on any atom is 0.408 e. The number of hydrogen-bond donors (Lipinski definition) is 3. The molecule has 0 aliphatic carbocycles. The van der Waals surface area contributed by atoms with Crippen LogP contribution < -0.4 is 21.3 Å². The smallest absolute Gasteiger partial charge is 0.408 e. The Kier molecular flexibility index (Phi) is 11.4. The summed E-state index contributed by atoms with van der Waals surface area (Å²) in [5, 5.41) is 5.68. The molecule has 40 heavy (non-hydrogen) atoms. The highest BCUT2D eigenvalue weighted by Crippen LogP contribution is 2.11. The van der Waals surface area contributed by atoms with Crippen molar-refractivity contribution in [3.63, 3.8) is 0 Å². The molecule has 0 aliphatic rings. The Morgan fingerprint density at radius 2 is 1.38 bits per heavy atom. The van der Waals surface area contributed by atoms with Gasteiger partial charge in [-0.3, -0.25) is 19.2 Å². The third-order valence-electron chi connectivity index (χ3n) is 5.55. The summed E-state index contributed by atoms with van der Waals surface area (Å²) in [4.78, 5) is 75.7. The number of benzene rings is 2. The molecule has 0 heterocycles. The van der Waals surface area contributed by atoms with Crippen molar-refractivity contribution < 1.29 is 33.5 Å². The van der Waals surface area contributed by atoms with Gasteiger partial charge in [-0.25, -0.2) is 14.6 Å². The number of nitrogens with one attached hydrogen (secondary N) is 2. The first-order valence-corrected chi connectivity index (χ1v) is 12.1. The van der Waals surface area contributed by atoms with Crippen LogP contribution in [0.25, 0.3) is 0 Å². The molecule has 0 spiro atoms. The van der Waals surface area contributed by atoms with Crippen molar-refractivity contribution in [2.24, 2.45) is 5.73 Å². The lowest BCUT2D eigenvalue weighted by atomic mass is 10.2. The van der Waals surface area contributed by atoms with Crippen LogP contribution in [0.15, 0.2) is 72.8 Å². The quantitative estimate of drug-likeness (QED) is 0.311. The number of rotatable bonds is 9. The first-order chi connectivity index (χ1) is 18.9. The molecule has 2 aromatic carbocycles. The topological polar surface area (TPSA) is 171 Å². The average Bonchev–Trinajstić information content (AvgIpc) is 2.94. The predicted octanol–water partition coefficient (Wildman–Crippen LogP) is 1.31. The highest BCUT2D eigenvalue weighted by Gasteiger charge is 2.31. The number of amides is 7. The van der Waals surface area contributed by atoms with E-state index in [4.69, 9.17) is 10.5 Å². The lowest BCUT2D eigenvalue weighted by Gasteiger charge is -2.30. The molecule has 2 atom stereocenters. The highest BCUT2D eigenvalue weighted by molar-refractivity contribution is 6.08. The van der Waals surface area contributed by atoms with Gasteiger partial charge >= 0.3 is 12.1 Å². The van der Waals surface area contributed by atoms with Crippen LogP contribution in [0.5, 0.6) is 0 Å². The van der Waals surface area contributed by atoms with Gasteiger partial charge in [0.15, 0.2) is 0 Å². The summed E-state index contributed by atoms with van der Waals surface area (Å²) in [6.07, 6.45) is 0.887. The Morgan fingerprint density at radius 3 is 1.95 bits per heavy atom. The molecule has 0 bridgehead atoms. The number of hydrogen-bond acceptors (Lipinski definition) is 7. The van der Waals surface area contributed by atoms with Crippen molar-refractivity contribution in [1.29, 1.82) is 0 Å². The summed E-state index contributed by atoms with van der Waals surface area (Å²) in [6.45, 7) is 2.70. The molecule has 0 saturated carbocycles. The van der Waals surface area contributed by atoms with Gasteiger partial charge < -0.3 is 26.0 Å². The van der Waals surface area contributed by atoms with Crippen molar-refractivity contribution in [2.45, 2.75) is 32.5 Å². The van der Waals surface area contributed by atoms with Gasteiger partial charge in [0.1, 0.15) is 18.7 Å². The number of ether oxygens (including phenoxy) is 1. The number of anilines is 1. The summed E-state index contributed by atoms with van der Waals surface area (Å²) in [6, 6.07) is 14.0. The van der Waals surface area contributed by atoms with Crippen LogP contribution in [0.1, 0.15) is 19.4 Å². The SMILES string of the molecule is C[C@H](NC(=O)OCc1ccccc1)C(=O)N[C@@H](C)C(=O)N(C)N(C(N)=O)C(=O)/C=C/C(=O)N(C)c1ccccc1. The van der Waals surface area contributed by atoms with Gasteiger partial charge in [0.2, 0.25) is 5.91 Å². The second-order valence-corrected chi connectivity index (χ2v) is 8.57. The van der Waals surface area contributed by atoms with Crippen molar-refractivity contribution in [1.82, 2.24) is 20.7 Å². The summed E-state index contributed by atoms with van der Waals surface area (Å²) >= 11 is 0. The standard InChI is InChI=1S/C27H32N6O7/c1-18(30-27(39)40-17-20-11-7-5-8-12-20)24(36)29-19(2)25(37)32(4)33(26(28)38)23(35)16-15-22(34)31(3)21-13-9-6-10-14-21/h5-16,18-19H,17H2,1-4H3,(H2,28,38)(H,29,36)(H,30,39)/b16-15+/t18-,19-/m0/s1. The largest absolute Gasteiger partial charge is 0.445 e. The minimum absolute atomic E-state index is 0.000260. The van der Waals surface area contributed by atoms with Crippen LogP contribution in [0.2, 0.25) is 0 Å². The van der Waals surface area contributed by atoms with Crippen LogP contribution in [-0.4, -0.2) is 71.9 Å². The van der Waals surface area contributed by atoms with Crippen LogP contribution in [0, 0.1) is 0 Å². The van der Waals surface area contributed by atoms with Crippen molar-refractivity contribution in [3.05, 3.63) is 78.4 Å². The van der Waals surface area contributed by atoms with Crippen molar-refractivity contribution in [3.8, 4) is 0 Å². The Labute approximate surface area is 231 Å². The van der Waals surface area contributed by atoms with E-state index in [0.29, 0.717) is 15.7 Å². The third kappa shape index (κ3) is 8.97. The predicted molar refractivity (Wildman–Crippen MR) is 145 cm³/mol. The Hall–Kier alpha value is -5.20. The highest BCUT2D eigenvalue weighted by atomic mass is 16.5. The van der Waals surface area contributed by atoms with E-state index in [-0.39, 0.29) is 6.61 Å². The number of primary amides is 1. The monoisotopic (exact) mass is 552 g/mol. The molecular weight excluding hydrogens is 520 g/mol.